The van der Waals surface area contributed by atoms with E-state index in [2.05, 4.69) is 24.1 Å². The second kappa shape index (κ2) is 6.55. The molecule has 0 aromatic heterocycles. The van der Waals surface area contributed by atoms with Crippen LogP contribution in [-0.4, -0.2) is 56.0 Å². The van der Waals surface area contributed by atoms with Crippen LogP contribution in [0.3, 0.4) is 0 Å². The molecule has 19 heavy (non-hydrogen) atoms. The molecule has 5 heteroatoms. The Morgan fingerprint density at radius 3 is 2.47 bits per heavy atom. The third-order valence-corrected chi connectivity index (χ3v) is 6.32. The Morgan fingerprint density at radius 2 is 1.89 bits per heavy atom. The second-order valence-corrected chi connectivity index (χ2v) is 8.45. The molecule has 0 aromatic carbocycles. The Morgan fingerprint density at radius 1 is 1.21 bits per heavy atom. The summed E-state index contributed by atoms with van der Waals surface area (Å²) in [7, 11) is -2.73. The van der Waals surface area contributed by atoms with Gasteiger partial charge in [-0.15, -0.1) is 0 Å². The van der Waals surface area contributed by atoms with E-state index in [9.17, 15) is 8.42 Å². The van der Waals surface area contributed by atoms with E-state index in [-0.39, 0.29) is 0 Å². The van der Waals surface area contributed by atoms with Gasteiger partial charge >= 0.3 is 0 Å². The lowest BCUT2D eigenvalue weighted by Crippen LogP contribution is -2.53. The summed E-state index contributed by atoms with van der Waals surface area (Å²) < 4.78 is 23.0. The van der Waals surface area contributed by atoms with Crippen LogP contribution >= 0.6 is 0 Å². The van der Waals surface area contributed by atoms with Crippen LogP contribution in [0.2, 0.25) is 0 Å². The number of piperidine rings is 1. The highest BCUT2D eigenvalue weighted by Crippen LogP contribution is 2.26. The topological polar surface area (TPSA) is 49.4 Å². The Kier molecular flexibility index (Phi) is 5.26. The van der Waals surface area contributed by atoms with E-state index < -0.39 is 9.84 Å². The van der Waals surface area contributed by atoms with Crippen molar-refractivity contribution in [2.24, 2.45) is 0 Å². The summed E-state index contributed by atoms with van der Waals surface area (Å²) in [5.74, 6) is 0.775. The monoisotopic (exact) mass is 288 g/mol. The molecule has 0 spiro atoms. The number of rotatable bonds is 4. The van der Waals surface area contributed by atoms with Crippen molar-refractivity contribution in [3.63, 3.8) is 0 Å². The van der Waals surface area contributed by atoms with Gasteiger partial charge in [0.2, 0.25) is 0 Å². The van der Waals surface area contributed by atoms with Crippen LogP contribution in [0.15, 0.2) is 0 Å². The summed E-state index contributed by atoms with van der Waals surface area (Å²) >= 11 is 0. The van der Waals surface area contributed by atoms with Gasteiger partial charge in [-0.25, -0.2) is 8.42 Å². The lowest BCUT2D eigenvalue weighted by atomic mass is 9.94. The van der Waals surface area contributed by atoms with Gasteiger partial charge in [0.15, 0.2) is 0 Å². The minimum absolute atomic E-state index is 0.387. The van der Waals surface area contributed by atoms with Gasteiger partial charge in [0.1, 0.15) is 9.84 Å². The van der Waals surface area contributed by atoms with Crippen LogP contribution in [0.5, 0.6) is 0 Å². The summed E-state index contributed by atoms with van der Waals surface area (Å²) in [6.07, 6.45) is 5.26. The lowest BCUT2D eigenvalue weighted by molar-refractivity contribution is 0.0821. The van der Waals surface area contributed by atoms with Crippen LogP contribution in [0.4, 0.5) is 0 Å². The molecule has 0 aromatic rings. The fraction of sp³-hybridized carbons (Fsp3) is 1.00. The maximum Gasteiger partial charge on any atom is 0.150 e. The van der Waals surface area contributed by atoms with Gasteiger partial charge in [0, 0.05) is 24.7 Å². The molecule has 0 bridgehead atoms. The predicted octanol–water partition coefficient (Wildman–Crippen LogP) is 1.42. The third-order valence-electron chi connectivity index (χ3n) is 4.60. The minimum atomic E-state index is -2.73. The van der Waals surface area contributed by atoms with Gasteiger partial charge < -0.3 is 5.32 Å². The molecular weight excluding hydrogens is 260 g/mol. The van der Waals surface area contributed by atoms with Crippen molar-refractivity contribution in [2.45, 2.75) is 64.1 Å². The van der Waals surface area contributed by atoms with Crippen molar-refractivity contribution in [2.75, 3.05) is 24.6 Å². The first-order valence-electron chi connectivity index (χ1n) is 7.71. The number of hydrogen-bond donors (Lipinski definition) is 1. The predicted molar refractivity (Wildman–Crippen MR) is 79.2 cm³/mol. The summed E-state index contributed by atoms with van der Waals surface area (Å²) in [5.41, 5.74) is 0. The standard InChI is InChI=1S/C14H28N2O2S/c1-3-7-15-13-4-8-16(12(2)11-13)14-5-9-19(17,18)10-6-14/h12-15H,3-11H2,1-2H3. The molecule has 0 amide bonds. The average Bonchev–Trinajstić information content (AvgIpc) is 2.37. The van der Waals surface area contributed by atoms with E-state index >= 15 is 0 Å². The van der Waals surface area contributed by atoms with Gasteiger partial charge in [-0.2, -0.15) is 0 Å². The highest BCUT2D eigenvalue weighted by atomic mass is 32.2. The first kappa shape index (κ1) is 15.3. The third kappa shape index (κ3) is 4.17. The van der Waals surface area contributed by atoms with Gasteiger partial charge in [0.05, 0.1) is 11.5 Å². The molecule has 2 fully saturated rings. The number of sulfone groups is 1. The minimum Gasteiger partial charge on any atom is -0.314 e. The first-order valence-corrected chi connectivity index (χ1v) is 9.53. The first-order chi connectivity index (χ1) is 9.02. The lowest BCUT2D eigenvalue weighted by Gasteiger charge is -2.44. The molecule has 2 saturated heterocycles. The van der Waals surface area contributed by atoms with Crippen LogP contribution in [0, 0.1) is 0 Å². The number of hydrogen-bond acceptors (Lipinski definition) is 4. The Balaban J connectivity index is 1.83. The molecule has 4 nitrogen and oxygen atoms in total. The molecule has 2 unspecified atom stereocenters. The quantitative estimate of drug-likeness (QED) is 0.850. The molecular formula is C14H28N2O2S. The van der Waals surface area contributed by atoms with Crippen LogP contribution < -0.4 is 5.32 Å². The zero-order valence-corrected chi connectivity index (χ0v) is 13.1. The molecule has 2 heterocycles. The normalized spacial score (nSPS) is 33.4. The summed E-state index contributed by atoms with van der Waals surface area (Å²) in [6, 6.07) is 1.72. The van der Waals surface area contributed by atoms with E-state index in [4.69, 9.17) is 0 Å². The second-order valence-electron chi connectivity index (χ2n) is 6.15. The smallest absolute Gasteiger partial charge is 0.150 e. The molecule has 2 aliphatic heterocycles. The van der Waals surface area contributed by atoms with Crippen LogP contribution in [-0.2, 0) is 9.84 Å². The Labute approximate surface area is 117 Å². The van der Waals surface area contributed by atoms with Gasteiger partial charge in [0.25, 0.3) is 0 Å². The molecule has 0 aliphatic carbocycles. The van der Waals surface area contributed by atoms with Crippen molar-refractivity contribution >= 4 is 9.84 Å². The van der Waals surface area contributed by atoms with Crippen LogP contribution in [0.1, 0.15) is 46.0 Å². The molecule has 1 N–H and O–H groups in total. The van der Waals surface area contributed by atoms with E-state index in [1.54, 1.807) is 0 Å². The summed E-state index contributed by atoms with van der Waals surface area (Å²) in [4.78, 5) is 2.55. The largest absolute Gasteiger partial charge is 0.314 e. The SMILES string of the molecule is CCCNC1CCN(C2CCS(=O)(=O)CC2)C(C)C1. The molecule has 2 aliphatic rings. The van der Waals surface area contributed by atoms with Gasteiger partial charge in [-0.3, -0.25) is 4.90 Å². The van der Waals surface area contributed by atoms with E-state index in [1.165, 1.54) is 19.3 Å². The maximum atomic E-state index is 11.5. The van der Waals surface area contributed by atoms with Crippen molar-refractivity contribution in [1.82, 2.24) is 10.2 Å². The molecule has 0 radical (unpaired) electrons. The summed E-state index contributed by atoms with van der Waals surface area (Å²) in [5, 5.41) is 3.62. The molecule has 112 valence electrons. The number of likely N-dealkylation sites (tertiary alicyclic amines) is 1. The zero-order chi connectivity index (χ0) is 13.9. The average molecular weight is 288 g/mol. The highest BCUT2D eigenvalue weighted by molar-refractivity contribution is 7.91. The van der Waals surface area contributed by atoms with Crippen molar-refractivity contribution < 1.29 is 8.42 Å². The van der Waals surface area contributed by atoms with Crippen molar-refractivity contribution in [3.05, 3.63) is 0 Å². The zero-order valence-electron chi connectivity index (χ0n) is 12.3. The van der Waals surface area contributed by atoms with E-state index in [0.29, 0.717) is 29.6 Å². The van der Waals surface area contributed by atoms with Crippen molar-refractivity contribution in [1.29, 1.82) is 0 Å². The molecule has 2 atom stereocenters. The van der Waals surface area contributed by atoms with Gasteiger partial charge in [-0.05, 0) is 45.6 Å². The van der Waals surface area contributed by atoms with Crippen molar-refractivity contribution in [3.8, 4) is 0 Å². The van der Waals surface area contributed by atoms with Gasteiger partial charge in [-0.1, -0.05) is 6.92 Å². The number of nitrogens with zero attached hydrogens (tertiary/aromatic N) is 1. The van der Waals surface area contributed by atoms with E-state index in [0.717, 1.165) is 25.9 Å². The Hall–Kier alpha value is -0.130. The fourth-order valence-corrected chi connectivity index (χ4v) is 4.94. The number of nitrogens with one attached hydrogen (secondary N) is 1. The highest BCUT2D eigenvalue weighted by Gasteiger charge is 2.33. The molecule has 2 rings (SSSR count). The fourth-order valence-electron chi connectivity index (χ4n) is 3.48. The summed E-state index contributed by atoms with van der Waals surface area (Å²) in [6.45, 7) is 6.73. The van der Waals surface area contributed by atoms with E-state index in [1.807, 2.05) is 0 Å². The van der Waals surface area contributed by atoms with Crippen LogP contribution in [0.25, 0.3) is 0 Å². The Bertz CT molecular complexity index is 369. The maximum absolute atomic E-state index is 11.5. The molecule has 0 saturated carbocycles.